The van der Waals surface area contributed by atoms with Crippen molar-refractivity contribution in [3.05, 3.63) is 0 Å². The van der Waals surface area contributed by atoms with Crippen LogP contribution in [0.2, 0.25) is 0 Å². The molecule has 0 aromatic rings. The van der Waals surface area contributed by atoms with E-state index in [0.717, 1.165) is 0 Å². The van der Waals surface area contributed by atoms with Crippen molar-refractivity contribution < 1.29 is 97.4 Å². The third kappa shape index (κ3) is 280. The van der Waals surface area contributed by atoms with Crippen LogP contribution in [-0.2, 0) is 59.1 Å². The van der Waals surface area contributed by atoms with Gasteiger partial charge in [-0.2, -0.15) is 0 Å². The second-order valence-corrected chi connectivity index (χ2v) is 0. The van der Waals surface area contributed by atoms with E-state index in [1.54, 1.807) is 0 Å². The summed E-state index contributed by atoms with van der Waals surface area (Å²) in [6.45, 7) is 0. The summed E-state index contributed by atoms with van der Waals surface area (Å²) in [6.07, 6.45) is 0. The summed E-state index contributed by atoms with van der Waals surface area (Å²) in [4.78, 5) is 0. The summed E-state index contributed by atoms with van der Waals surface area (Å²) in [5.41, 5.74) is 0. The average molecular weight is 282 g/mol. The largest absolute Gasteiger partial charge is 3.00 e. The van der Waals surface area contributed by atoms with E-state index < -0.39 is 0 Å². The van der Waals surface area contributed by atoms with Crippen molar-refractivity contribution in [1.82, 2.24) is 0 Å². The summed E-state index contributed by atoms with van der Waals surface area (Å²) in [5, 5.41) is 0. The van der Waals surface area contributed by atoms with Gasteiger partial charge >= 0.3 is 59.1 Å². The minimum Gasteiger partial charge on any atom is -0.870 e. The van der Waals surface area contributed by atoms with Crippen LogP contribution in [0, 0.1) is 0 Å². The minimum atomic E-state index is 0. The Labute approximate surface area is 97.0 Å². The van der Waals surface area contributed by atoms with Crippen LogP contribution < -0.4 is 0 Å². The van der Waals surface area contributed by atoms with Gasteiger partial charge in [-0.05, 0) is 0 Å². The van der Waals surface area contributed by atoms with Gasteiger partial charge in [-0.3, -0.25) is 0 Å². The Morgan fingerprint density at radius 1 is 0.400 bits per heavy atom. The number of hydrogen-bond acceptors (Lipinski definition) is 7. The van der Waals surface area contributed by atoms with Gasteiger partial charge in [-0.25, -0.2) is 0 Å². The predicted octanol–water partition coefficient (Wildman–Crippen LogP) is -1.25. The van der Waals surface area contributed by atoms with Crippen LogP contribution in [-0.4, -0.2) is 38.3 Å². The van der Waals surface area contributed by atoms with E-state index in [1.807, 2.05) is 0 Å². The molecule has 71 valence electrons. The van der Waals surface area contributed by atoms with Crippen molar-refractivity contribution in [2.45, 2.75) is 0 Å². The van der Waals surface area contributed by atoms with Crippen molar-refractivity contribution in [2.24, 2.45) is 0 Å². The molecule has 0 fully saturated rings. The Bertz CT molecular complexity index is 13.6. The van der Waals surface area contributed by atoms with Gasteiger partial charge in [-0.1, -0.05) is 0 Å². The van der Waals surface area contributed by atoms with Gasteiger partial charge in [0.2, 0.25) is 0 Å². The second kappa shape index (κ2) is 385. The maximum Gasteiger partial charge on any atom is 3.00 e. The van der Waals surface area contributed by atoms with E-state index in [4.69, 9.17) is 0 Å². The van der Waals surface area contributed by atoms with Crippen LogP contribution >= 0.6 is 0 Å². The Balaban J connectivity index is 0. The number of hydrogen-bond donors (Lipinski definition) is 0. The molecule has 10 heteroatoms. The molecule has 0 saturated heterocycles. The Hall–Kier alpha value is 1.59. The van der Waals surface area contributed by atoms with E-state index in [2.05, 4.69) is 0 Å². The first-order chi connectivity index (χ1) is 0. The SMILES string of the molecule is [Co+2].[Ni+2].[OH-].[OH-].[OH-].[OH-].[OH-].[OH-].[OH-].[Sc+3]. The molecule has 0 aliphatic heterocycles. The van der Waals surface area contributed by atoms with E-state index in [0.29, 0.717) is 0 Å². The van der Waals surface area contributed by atoms with Gasteiger partial charge in [0.25, 0.3) is 0 Å². The van der Waals surface area contributed by atoms with Crippen LogP contribution in [0.3, 0.4) is 0 Å². The van der Waals surface area contributed by atoms with Crippen molar-refractivity contribution in [3.63, 3.8) is 0 Å². The zero-order chi connectivity index (χ0) is 0. The van der Waals surface area contributed by atoms with Crippen molar-refractivity contribution in [1.29, 1.82) is 0 Å². The quantitative estimate of drug-likeness (QED) is 0.491. The predicted molar refractivity (Wildman–Crippen MR) is 13.6 cm³/mol. The average Bonchev–Trinajstić information content (AvgIpc) is 0. The smallest absolute Gasteiger partial charge is 0.870 e. The summed E-state index contributed by atoms with van der Waals surface area (Å²) in [7, 11) is 0. The fourth-order valence-corrected chi connectivity index (χ4v) is 0. The Morgan fingerprint density at radius 2 is 0.400 bits per heavy atom. The summed E-state index contributed by atoms with van der Waals surface area (Å²) >= 11 is 0. The maximum absolute atomic E-state index is 0. The van der Waals surface area contributed by atoms with E-state index in [1.165, 1.54) is 0 Å². The molecule has 0 saturated carbocycles. The van der Waals surface area contributed by atoms with Crippen molar-refractivity contribution >= 4 is 0 Å². The first-order valence-corrected chi connectivity index (χ1v) is 0. The molecule has 1 radical (unpaired) electrons. The molecular formula is H7CoNiO7Sc. The summed E-state index contributed by atoms with van der Waals surface area (Å²) in [6, 6.07) is 0. The Kier molecular flexibility index (Phi) is 19800. The zero-order valence-electron chi connectivity index (χ0n) is 4.36. The van der Waals surface area contributed by atoms with Crippen LogP contribution in [0.25, 0.3) is 0 Å². The van der Waals surface area contributed by atoms with Gasteiger partial charge in [0, 0.05) is 0 Å². The van der Waals surface area contributed by atoms with Crippen LogP contribution in [0.5, 0.6) is 0 Å². The van der Waals surface area contributed by atoms with Crippen molar-refractivity contribution in [2.75, 3.05) is 0 Å². The molecule has 0 bridgehead atoms. The van der Waals surface area contributed by atoms with Gasteiger partial charge in [0.1, 0.15) is 0 Å². The molecule has 10 heavy (non-hydrogen) atoms. The summed E-state index contributed by atoms with van der Waals surface area (Å²) in [5.74, 6) is 0. The molecule has 0 heterocycles. The zero-order valence-corrected chi connectivity index (χ0v) is 8.19. The molecule has 0 amide bonds. The van der Waals surface area contributed by atoms with Gasteiger partial charge in [0.15, 0.2) is 0 Å². The Morgan fingerprint density at radius 3 is 0.400 bits per heavy atom. The maximum atomic E-state index is 0. The standard InChI is InChI=1S/Co.Ni.7H2O.Sc/h;;7*1H2;/q2*+2;;;;;;;;+3/p-7. The van der Waals surface area contributed by atoms with E-state index >= 15 is 0 Å². The minimum absolute atomic E-state index is 0. The topological polar surface area (TPSA) is 210 Å². The van der Waals surface area contributed by atoms with Gasteiger partial charge in [0.05, 0.1) is 0 Å². The van der Waals surface area contributed by atoms with Gasteiger partial charge < -0.3 is 38.3 Å². The number of rotatable bonds is 0. The fourth-order valence-electron chi connectivity index (χ4n) is 0. The van der Waals surface area contributed by atoms with E-state index in [9.17, 15) is 0 Å². The molecule has 0 spiro atoms. The fraction of sp³-hybridized carbons (Fsp3) is 0. The molecule has 0 aliphatic rings. The molecule has 0 aromatic heterocycles. The van der Waals surface area contributed by atoms with Gasteiger partial charge in [-0.15, -0.1) is 0 Å². The third-order valence-corrected chi connectivity index (χ3v) is 0. The third-order valence-electron chi connectivity index (χ3n) is 0. The van der Waals surface area contributed by atoms with Crippen molar-refractivity contribution in [3.8, 4) is 0 Å². The molecule has 7 N–H and O–H groups in total. The molecule has 0 atom stereocenters. The normalized spacial score (nSPS) is 0. The molecular weight excluding hydrogens is 275 g/mol. The van der Waals surface area contributed by atoms with Crippen LogP contribution in [0.4, 0.5) is 0 Å². The van der Waals surface area contributed by atoms with Crippen LogP contribution in [0.15, 0.2) is 0 Å². The molecule has 0 rings (SSSR count). The first kappa shape index (κ1) is 514. The summed E-state index contributed by atoms with van der Waals surface area (Å²) < 4.78 is 0. The molecule has 0 unspecified atom stereocenters. The van der Waals surface area contributed by atoms with Crippen LogP contribution in [0.1, 0.15) is 0 Å². The monoisotopic (exact) mass is 281 g/mol. The molecule has 0 aliphatic carbocycles. The molecule has 7 nitrogen and oxygen atoms in total. The second-order valence-electron chi connectivity index (χ2n) is 0. The first-order valence-electron chi connectivity index (χ1n) is 0. The van der Waals surface area contributed by atoms with E-state index in [-0.39, 0.29) is 97.4 Å². The molecule has 0 aromatic carbocycles.